The van der Waals surface area contributed by atoms with Crippen molar-refractivity contribution < 1.29 is 14.9 Å². The van der Waals surface area contributed by atoms with Gasteiger partial charge in [0.25, 0.3) is 5.56 Å². The van der Waals surface area contributed by atoms with Crippen molar-refractivity contribution in [3.8, 4) is 11.5 Å². The van der Waals surface area contributed by atoms with E-state index in [9.17, 15) is 19.8 Å². The van der Waals surface area contributed by atoms with E-state index < -0.39 is 11.2 Å². The molecular weight excluding hydrogens is 368 g/mol. The molecule has 3 rings (SSSR count). The van der Waals surface area contributed by atoms with Gasteiger partial charge in [0.05, 0.1) is 19.9 Å². The Morgan fingerprint density at radius 3 is 2.71 bits per heavy atom. The number of ether oxygens (including phenoxy) is 1. The zero-order chi connectivity index (χ0) is 20.4. The van der Waals surface area contributed by atoms with Crippen LogP contribution in [-0.2, 0) is 20.6 Å². The Labute approximate surface area is 158 Å². The number of aromatic nitrogens is 4. The number of nitrogens with zero attached hydrogens (tertiary/aromatic N) is 5. The fourth-order valence-corrected chi connectivity index (χ4v) is 2.79. The molecule has 0 unspecified atom stereocenters. The van der Waals surface area contributed by atoms with E-state index in [1.807, 2.05) is 0 Å². The second-order valence-electron chi connectivity index (χ2n) is 5.99. The van der Waals surface area contributed by atoms with Gasteiger partial charge < -0.3 is 19.5 Å². The van der Waals surface area contributed by atoms with Crippen molar-refractivity contribution in [1.29, 1.82) is 0 Å². The van der Waals surface area contributed by atoms with Crippen molar-refractivity contribution in [2.45, 2.75) is 6.54 Å². The van der Waals surface area contributed by atoms with Gasteiger partial charge in [-0.25, -0.2) is 10.2 Å². The first kappa shape index (κ1) is 19.2. The average Bonchev–Trinajstić information content (AvgIpc) is 3.05. The van der Waals surface area contributed by atoms with Gasteiger partial charge in [-0.3, -0.25) is 13.9 Å². The van der Waals surface area contributed by atoms with Crippen LogP contribution in [0.1, 0.15) is 5.56 Å². The molecule has 11 heteroatoms. The molecule has 11 nitrogen and oxygen atoms in total. The maximum absolute atomic E-state index is 12.5. The third-order valence-corrected chi connectivity index (χ3v) is 4.25. The predicted molar refractivity (Wildman–Crippen MR) is 103 cm³/mol. The maximum Gasteiger partial charge on any atom is 0.332 e. The molecule has 2 heterocycles. The Morgan fingerprint density at radius 2 is 2.04 bits per heavy atom. The lowest BCUT2D eigenvalue weighted by Gasteiger charge is -2.07. The summed E-state index contributed by atoms with van der Waals surface area (Å²) in [5, 5.41) is 23.1. The summed E-state index contributed by atoms with van der Waals surface area (Å²) in [6.45, 7) is -0.139. The minimum atomic E-state index is -0.514. The van der Waals surface area contributed by atoms with Crippen molar-refractivity contribution in [2.24, 2.45) is 19.2 Å². The number of hydrogen-bond acceptors (Lipinski definition) is 8. The molecule has 0 radical (unpaired) electrons. The first-order valence-corrected chi connectivity index (χ1v) is 8.32. The Morgan fingerprint density at radius 1 is 1.29 bits per heavy atom. The van der Waals surface area contributed by atoms with Gasteiger partial charge in [-0.15, -0.1) is 0 Å². The van der Waals surface area contributed by atoms with Crippen LogP contribution in [-0.4, -0.2) is 48.8 Å². The van der Waals surface area contributed by atoms with Crippen molar-refractivity contribution in [3.63, 3.8) is 0 Å². The molecule has 3 aromatic rings. The highest BCUT2D eigenvalue weighted by atomic mass is 16.5. The number of hydrazone groups is 1. The van der Waals surface area contributed by atoms with Crippen LogP contribution in [0.4, 0.5) is 5.95 Å². The molecule has 0 saturated heterocycles. The lowest BCUT2D eigenvalue weighted by atomic mass is 10.2. The number of aryl methyl sites for hydroxylation is 1. The van der Waals surface area contributed by atoms with Gasteiger partial charge in [0.2, 0.25) is 5.95 Å². The van der Waals surface area contributed by atoms with E-state index in [0.717, 1.165) is 4.57 Å². The van der Waals surface area contributed by atoms with Crippen molar-refractivity contribution in [3.05, 3.63) is 44.6 Å². The number of phenols is 1. The normalized spacial score (nSPS) is 11.4. The standard InChI is InChI=1S/C17H20N6O5/c1-21-14-13(15(26)22(2)17(21)27)23(6-7-24)16(19-14)20-18-9-10-4-5-11(25)12(8-10)28-3/h4-5,8-9,24-25H,6-7H2,1-3H3,(H,19,20). The van der Waals surface area contributed by atoms with Crippen molar-refractivity contribution in [1.82, 2.24) is 18.7 Å². The van der Waals surface area contributed by atoms with Crippen LogP contribution in [0.3, 0.4) is 0 Å². The van der Waals surface area contributed by atoms with Crippen LogP contribution in [0.2, 0.25) is 0 Å². The number of hydrogen-bond donors (Lipinski definition) is 3. The van der Waals surface area contributed by atoms with Gasteiger partial charge in [0, 0.05) is 20.6 Å². The summed E-state index contributed by atoms with van der Waals surface area (Å²) in [6.07, 6.45) is 1.47. The summed E-state index contributed by atoms with van der Waals surface area (Å²) in [4.78, 5) is 28.9. The molecule has 1 aromatic carbocycles. The van der Waals surface area contributed by atoms with Crippen molar-refractivity contribution in [2.75, 3.05) is 19.1 Å². The topological polar surface area (TPSA) is 136 Å². The molecule has 3 N–H and O–H groups in total. The molecule has 148 valence electrons. The molecule has 2 aromatic heterocycles. The van der Waals surface area contributed by atoms with E-state index in [2.05, 4.69) is 15.5 Å². The van der Waals surface area contributed by atoms with E-state index in [1.165, 1.54) is 42.6 Å². The molecule has 0 aliphatic rings. The third kappa shape index (κ3) is 3.22. The lowest BCUT2D eigenvalue weighted by molar-refractivity contribution is 0.278. The van der Waals surface area contributed by atoms with E-state index in [1.54, 1.807) is 12.1 Å². The van der Waals surface area contributed by atoms with E-state index in [0.29, 0.717) is 11.3 Å². The summed E-state index contributed by atoms with van der Waals surface area (Å²) >= 11 is 0. The number of nitrogens with one attached hydrogen (secondary N) is 1. The largest absolute Gasteiger partial charge is 0.504 e. The number of imidazole rings is 1. The summed E-state index contributed by atoms with van der Waals surface area (Å²) in [7, 11) is 4.33. The molecule has 0 aliphatic heterocycles. The molecule has 0 saturated carbocycles. The van der Waals surface area contributed by atoms with Crippen LogP contribution in [0, 0.1) is 0 Å². The average molecular weight is 388 g/mol. The highest BCUT2D eigenvalue weighted by molar-refractivity contribution is 5.81. The number of methoxy groups -OCH3 is 1. The minimum Gasteiger partial charge on any atom is -0.504 e. The second kappa shape index (κ2) is 7.56. The highest BCUT2D eigenvalue weighted by Gasteiger charge is 2.18. The maximum atomic E-state index is 12.5. The summed E-state index contributed by atoms with van der Waals surface area (Å²) in [6, 6.07) is 4.70. The highest BCUT2D eigenvalue weighted by Crippen LogP contribution is 2.25. The SMILES string of the molecule is COc1cc(C=NNc2nc3c(c(=O)n(C)c(=O)n3C)n2CCO)ccc1O. The van der Waals surface area contributed by atoms with Gasteiger partial charge in [0.15, 0.2) is 22.7 Å². The smallest absolute Gasteiger partial charge is 0.332 e. The number of aliphatic hydroxyl groups is 1. The molecular formula is C17H20N6O5. The summed E-state index contributed by atoms with van der Waals surface area (Å²) in [5.41, 5.74) is 2.73. The van der Waals surface area contributed by atoms with Gasteiger partial charge in [-0.05, 0) is 23.8 Å². The Hall–Kier alpha value is -3.60. The van der Waals surface area contributed by atoms with Crippen LogP contribution in [0.25, 0.3) is 11.2 Å². The number of aliphatic hydroxyl groups excluding tert-OH is 1. The number of benzene rings is 1. The van der Waals surface area contributed by atoms with Gasteiger partial charge in [-0.2, -0.15) is 10.1 Å². The van der Waals surface area contributed by atoms with Crippen LogP contribution in [0.5, 0.6) is 11.5 Å². The molecule has 0 fully saturated rings. The van der Waals surface area contributed by atoms with Crippen molar-refractivity contribution >= 4 is 23.3 Å². The number of fused-ring (bicyclic) bond motifs is 1. The van der Waals surface area contributed by atoms with Crippen LogP contribution in [0.15, 0.2) is 32.9 Å². The number of rotatable bonds is 6. The number of anilines is 1. The van der Waals surface area contributed by atoms with Gasteiger partial charge in [0.1, 0.15) is 0 Å². The van der Waals surface area contributed by atoms with Gasteiger partial charge >= 0.3 is 5.69 Å². The Kier molecular flexibility index (Phi) is 5.18. The molecule has 28 heavy (non-hydrogen) atoms. The molecule has 0 amide bonds. The van der Waals surface area contributed by atoms with E-state index in [-0.39, 0.29) is 36.0 Å². The fourth-order valence-electron chi connectivity index (χ4n) is 2.79. The molecule has 0 atom stereocenters. The monoisotopic (exact) mass is 388 g/mol. The fraction of sp³-hybridized carbons (Fsp3) is 0.294. The minimum absolute atomic E-state index is 0.00844. The second-order valence-corrected chi connectivity index (χ2v) is 5.99. The zero-order valence-corrected chi connectivity index (χ0v) is 15.6. The summed E-state index contributed by atoms with van der Waals surface area (Å²) in [5.74, 6) is 0.508. The van der Waals surface area contributed by atoms with Crippen LogP contribution < -0.4 is 21.4 Å². The lowest BCUT2D eigenvalue weighted by Crippen LogP contribution is -2.37. The Balaban J connectivity index is 2.02. The Bertz CT molecular complexity index is 1170. The number of aromatic hydroxyl groups is 1. The van der Waals surface area contributed by atoms with E-state index >= 15 is 0 Å². The van der Waals surface area contributed by atoms with Crippen LogP contribution >= 0.6 is 0 Å². The summed E-state index contributed by atoms with van der Waals surface area (Å²) < 4.78 is 8.74. The molecule has 0 aliphatic carbocycles. The third-order valence-electron chi connectivity index (χ3n) is 4.25. The quantitative estimate of drug-likeness (QED) is 0.386. The zero-order valence-electron chi connectivity index (χ0n) is 15.6. The predicted octanol–water partition coefficient (Wildman–Crippen LogP) is -0.414. The van der Waals surface area contributed by atoms with E-state index in [4.69, 9.17) is 4.74 Å². The molecule has 0 bridgehead atoms. The molecule has 0 spiro atoms. The van der Waals surface area contributed by atoms with Gasteiger partial charge in [-0.1, -0.05) is 0 Å². The number of phenolic OH excluding ortho intramolecular Hbond substituents is 1. The first-order chi connectivity index (χ1) is 13.4. The first-order valence-electron chi connectivity index (χ1n) is 8.32.